The van der Waals surface area contributed by atoms with Gasteiger partial charge in [-0.15, -0.1) is 0 Å². The molecule has 0 saturated heterocycles. The van der Waals surface area contributed by atoms with Crippen molar-refractivity contribution in [3.05, 3.63) is 120 Å². The number of esters is 2. The highest BCUT2D eigenvalue weighted by Crippen LogP contribution is 2.26. The number of aromatic nitrogens is 4. The van der Waals surface area contributed by atoms with Crippen molar-refractivity contribution in [2.24, 2.45) is 0 Å². The van der Waals surface area contributed by atoms with E-state index < -0.39 is 23.6 Å². The summed E-state index contributed by atoms with van der Waals surface area (Å²) in [6, 6.07) is 25.5. The van der Waals surface area contributed by atoms with Crippen molar-refractivity contribution < 1.29 is 60.6 Å². The maximum Gasteiger partial charge on any atom is 0.338 e. The van der Waals surface area contributed by atoms with Gasteiger partial charge in [-0.05, 0) is 48.5 Å². The minimum absolute atomic E-state index is 0.0597. The molecule has 2 aromatic heterocycles. The number of rotatable bonds is 21. The van der Waals surface area contributed by atoms with E-state index in [1.807, 2.05) is 0 Å². The third-order valence-corrected chi connectivity index (χ3v) is 7.93. The van der Waals surface area contributed by atoms with Crippen LogP contribution in [0.3, 0.4) is 0 Å². The predicted octanol–water partition coefficient (Wildman–Crippen LogP) is 6.74. The van der Waals surface area contributed by atoms with Crippen LogP contribution in [0.4, 0.5) is 8.78 Å². The molecule has 0 aliphatic rings. The molecule has 0 aliphatic carbocycles. The van der Waals surface area contributed by atoms with Gasteiger partial charge >= 0.3 is 11.9 Å². The van der Waals surface area contributed by atoms with Crippen LogP contribution >= 0.6 is 0 Å². The number of halogens is 2. The van der Waals surface area contributed by atoms with Gasteiger partial charge in [0.15, 0.2) is 0 Å². The zero-order chi connectivity index (χ0) is 41.7. The van der Waals surface area contributed by atoms with Crippen LogP contribution in [-0.2, 0) is 33.2 Å². The molecule has 0 atom stereocenters. The van der Waals surface area contributed by atoms with Gasteiger partial charge in [0.2, 0.25) is 11.6 Å². The Hall–Kier alpha value is -6.24. The molecule has 0 unspecified atom stereocenters. The van der Waals surface area contributed by atoms with E-state index in [1.165, 1.54) is 12.1 Å². The number of hydrogen-bond donors (Lipinski definition) is 0. The molecule has 59 heavy (non-hydrogen) atoms. The second kappa shape index (κ2) is 23.9. The summed E-state index contributed by atoms with van der Waals surface area (Å²) >= 11 is 0. The Kier molecular flexibility index (Phi) is 17.7. The first-order chi connectivity index (χ1) is 28.9. The zero-order valence-electron chi connectivity index (χ0n) is 32.3. The molecule has 0 bridgehead atoms. The van der Waals surface area contributed by atoms with E-state index in [0.717, 1.165) is 0 Å². The molecule has 17 heteroatoms. The average Bonchev–Trinajstić information content (AvgIpc) is 3.97. The Balaban J connectivity index is 0.000000225. The standard InChI is InChI=1S/C22H23FN2O6.C20H19FN2O5/c1-27-9-10-28-11-12-29-13-14-30-22(26)17-6-4-5-16(15-17)20-24-21(31-25-20)18-7-2-3-8-19(18)23;1-25-9-10-26-11-12-27-20(24)15-6-4-5-14(13-15)18-22-19(28-23-18)16-7-2-3-8-17(16)21/h2-8,15H,9-14H2,1H3;2-8,13H,9-12H2,1H3. The zero-order valence-corrected chi connectivity index (χ0v) is 32.3. The molecule has 310 valence electrons. The van der Waals surface area contributed by atoms with Crippen LogP contribution in [0.25, 0.3) is 45.7 Å². The molecule has 15 nitrogen and oxygen atoms in total. The molecular weight excluding hydrogens is 774 g/mol. The fourth-order valence-corrected chi connectivity index (χ4v) is 5.00. The van der Waals surface area contributed by atoms with Gasteiger partial charge in [0.1, 0.15) is 24.8 Å². The molecule has 0 aliphatic heterocycles. The summed E-state index contributed by atoms with van der Waals surface area (Å²) in [5.74, 6) is -1.30. The average molecular weight is 817 g/mol. The van der Waals surface area contributed by atoms with Crippen LogP contribution in [0.15, 0.2) is 106 Å². The van der Waals surface area contributed by atoms with Crippen LogP contribution in [-0.4, -0.2) is 113 Å². The minimum atomic E-state index is -0.500. The lowest BCUT2D eigenvalue weighted by molar-refractivity contribution is 0.00570. The highest BCUT2D eigenvalue weighted by molar-refractivity contribution is 5.91. The van der Waals surface area contributed by atoms with Gasteiger partial charge in [-0.25, -0.2) is 18.4 Å². The van der Waals surface area contributed by atoms with E-state index in [2.05, 4.69) is 20.3 Å². The molecule has 0 spiro atoms. The third kappa shape index (κ3) is 13.7. The van der Waals surface area contributed by atoms with E-state index in [9.17, 15) is 18.4 Å². The van der Waals surface area contributed by atoms with Crippen molar-refractivity contribution in [3.63, 3.8) is 0 Å². The molecule has 0 amide bonds. The maximum absolute atomic E-state index is 13.9. The van der Waals surface area contributed by atoms with Crippen molar-refractivity contribution >= 4 is 11.9 Å². The predicted molar refractivity (Wildman–Crippen MR) is 207 cm³/mol. The van der Waals surface area contributed by atoms with Crippen LogP contribution in [0.5, 0.6) is 0 Å². The van der Waals surface area contributed by atoms with Gasteiger partial charge in [0.25, 0.3) is 11.8 Å². The van der Waals surface area contributed by atoms with Gasteiger partial charge in [-0.2, -0.15) is 9.97 Å². The molecule has 0 N–H and O–H groups in total. The monoisotopic (exact) mass is 816 g/mol. The van der Waals surface area contributed by atoms with Gasteiger partial charge < -0.3 is 42.2 Å². The SMILES string of the molecule is COCCOCCOC(=O)c1cccc(-c2noc(-c3ccccc3F)n2)c1.COCCOCCOCCOC(=O)c1cccc(-c2noc(-c3ccccc3F)n2)c1. The first-order valence-electron chi connectivity index (χ1n) is 18.3. The summed E-state index contributed by atoms with van der Waals surface area (Å²) < 4.78 is 74.1. The number of carbonyl (C=O) groups excluding carboxylic acids is 2. The lowest BCUT2D eigenvalue weighted by Crippen LogP contribution is -2.14. The lowest BCUT2D eigenvalue weighted by Gasteiger charge is -2.07. The Morgan fingerprint density at radius 3 is 1.31 bits per heavy atom. The fourth-order valence-electron chi connectivity index (χ4n) is 5.00. The summed E-state index contributed by atoms with van der Waals surface area (Å²) in [5.41, 5.74) is 2.19. The summed E-state index contributed by atoms with van der Waals surface area (Å²) in [4.78, 5) is 32.9. The molecule has 6 rings (SSSR count). The van der Waals surface area contributed by atoms with Crippen LogP contribution in [0.1, 0.15) is 20.7 Å². The first kappa shape index (κ1) is 43.9. The summed E-state index contributed by atoms with van der Waals surface area (Å²) in [5, 5.41) is 7.75. The highest BCUT2D eigenvalue weighted by Gasteiger charge is 2.17. The van der Waals surface area contributed by atoms with E-state index in [-0.39, 0.29) is 61.0 Å². The molecule has 2 heterocycles. The van der Waals surface area contributed by atoms with Gasteiger partial charge in [-0.1, -0.05) is 58.8 Å². The fraction of sp³-hybridized carbons (Fsp3) is 0.286. The molecule has 4 aromatic carbocycles. The smallest absolute Gasteiger partial charge is 0.338 e. The Morgan fingerprint density at radius 1 is 0.508 bits per heavy atom. The normalized spacial score (nSPS) is 10.8. The summed E-state index contributed by atoms with van der Waals surface area (Å²) in [7, 11) is 3.19. The number of nitrogens with zero attached hydrogens (tertiary/aromatic N) is 4. The van der Waals surface area contributed by atoms with Gasteiger partial charge in [0.05, 0.1) is 75.1 Å². The largest absolute Gasteiger partial charge is 0.460 e. The van der Waals surface area contributed by atoms with Crippen LogP contribution in [0.2, 0.25) is 0 Å². The van der Waals surface area contributed by atoms with Crippen LogP contribution in [0, 0.1) is 11.6 Å². The highest BCUT2D eigenvalue weighted by atomic mass is 19.1. The van der Waals surface area contributed by atoms with E-state index in [0.29, 0.717) is 61.9 Å². The Labute approximate surface area is 338 Å². The van der Waals surface area contributed by atoms with Crippen molar-refractivity contribution in [2.45, 2.75) is 0 Å². The molecule has 0 radical (unpaired) electrons. The van der Waals surface area contributed by atoms with E-state index in [1.54, 1.807) is 99.1 Å². The van der Waals surface area contributed by atoms with Crippen molar-refractivity contribution in [3.8, 4) is 45.7 Å². The number of benzene rings is 4. The maximum atomic E-state index is 13.9. The third-order valence-electron chi connectivity index (χ3n) is 7.93. The number of ether oxygens (including phenoxy) is 7. The van der Waals surface area contributed by atoms with Crippen molar-refractivity contribution in [1.29, 1.82) is 0 Å². The number of hydrogen-bond acceptors (Lipinski definition) is 15. The molecule has 6 aromatic rings. The summed E-state index contributed by atoms with van der Waals surface area (Å²) in [6.07, 6.45) is 0. The van der Waals surface area contributed by atoms with Crippen molar-refractivity contribution in [1.82, 2.24) is 20.3 Å². The Bertz CT molecular complexity index is 2210. The quantitative estimate of drug-likeness (QED) is 0.0551. The first-order valence-corrected chi connectivity index (χ1v) is 18.3. The molecule has 0 saturated carbocycles. The van der Waals surface area contributed by atoms with Gasteiger partial charge in [-0.3, -0.25) is 0 Å². The molecular formula is C42H42F2N4O11. The second-order valence-electron chi connectivity index (χ2n) is 12.1. The lowest BCUT2D eigenvalue weighted by atomic mass is 10.1. The second-order valence-corrected chi connectivity index (χ2v) is 12.1. The Morgan fingerprint density at radius 2 is 0.898 bits per heavy atom. The number of carbonyl (C=O) groups is 2. The molecule has 0 fully saturated rings. The topological polar surface area (TPSA) is 177 Å². The van der Waals surface area contributed by atoms with E-state index >= 15 is 0 Å². The van der Waals surface area contributed by atoms with E-state index in [4.69, 9.17) is 42.2 Å². The number of methoxy groups -OCH3 is 2. The van der Waals surface area contributed by atoms with Gasteiger partial charge in [0, 0.05) is 25.3 Å². The minimum Gasteiger partial charge on any atom is -0.460 e. The van der Waals surface area contributed by atoms with Crippen molar-refractivity contribution in [2.75, 3.05) is 80.3 Å². The van der Waals surface area contributed by atoms with Crippen LogP contribution < -0.4 is 0 Å². The summed E-state index contributed by atoms with van der Waals surface area (Å²) in [6.45, 7) is 3.59.